The van der Waals surface area contributed by atoms with Gasteiger partial charge in [0.05, 0.1) is 28.9 Å². The summed E-state index contributed by atoms with van der Waals surface area (Å²) in [5.74, 6) is -1.13. The van der Waals surface area contributed by atoms with Gasteiger partial charge in [-0.05, 0) is 36.5 Å². The standard InChI is InChI=1S/C18H15Cl4N3O3S/c1-28-15(27)11-7-3-5-9-13(11)23-17(29)25-16(18(20,21)22)24-14(26)10-6-2-4-8-12(10)19/h2-9,16H,1H3,(H,24,26)(H2,23,25,29)/t16-/m1/s1. The molecule has 0 bridgehead atoms. The molecule has 0 saturated heterocycles. The maximum atomic E-state index is 12.5. The van der Waals surface area contributed by atoms with Crippen molar-refractivity contribution >= 4 is 81.3 Å². The number of carbonyl (C=O) groups is 2. The number of thiocarbonyl (C=S) groups is 1. The average molecular weight is 495 g/mol. The fraction of sp³-hybridized carbons (Fsp3) is 0.167. The number of alkyl halides is 3. The molecule has 154 valence electrons. The van der Waals surface area contributed by atoms with Crippen molar-refractivity contribution in [2.24, 2.45) is 0 Å². The smallest absolute Gasteiger partial charge is 0.339 e. The van der Waals surface area contributed by atoms with Crippen LogP contribution in [0.15, 0.2) is 48.5 Å². The summed E-state index contributed by atoms with van der Waals surface area (Å²) < 4.78 is 2.78. The molecule has 0 aromatic heterocycles. The number of carbonyl (C=O) groups excluding carboxylic acids is 2. The van der Waals surface area contributed by atoms with E-state index in [4.69, 9.17) is 63.4 Å². The second-order valence-corrected chi connectivity index (χ2v) is 8.75. The van der Waals surface area contributed by atoms with Crippen molar-refractivity contribution in [1.82, 2.24) is 10.6 Å². The molecule has 2 aromatic rings. The molecule has 0 spiro atoms. The maximum Gasteiger partial charge on any atom is 0.339 e. The number of ether oxygens (including phenoxy) is 1. The van der Waals surface area contributed by atoms with Crippen molar-refractivity contribution in [1.29, 1.82) is 0 Å². The second-order valence-electron chi connectivity index (χ2n) is 5.56. The molecule has 1 atom stereocenters. The Morgan fingerprint density at radius 2 is 1.59 bits per heavy atom. The molecule has 11 heteroatoms. The number of anilines is 1. The molecule has 0 aliphatic heterocycles. The Hall–Kier alpha value is -1.77. The third kappa shape index (κ3) is 6.62. The van der Waals surface area contributed by atoms with Crippen LogP contribution in [0, 0.1) is 0 Å². The average Bonchev–Trinajstić information content (AvgIpc) is 2.66. The molecule has 3 N–H and O–H groups in total. The van der Waals surface area contributed by atoms with Gasteiger partial charge >= 0.3 is 5.97 Å². The fourth-order valence-electron chi connectivity index (χ4n) is 2.22. The Morgan fingerprint density at radius 1 is 1.00 bits per heavy atom. The molecule has 2 rings (SSSR count). The normalized spacial score (nSPS) is 11.9. The summed E-state index contributed by atoms with van der Waals surface area (Å²) >= 11 is 29.2. The zero-order valence-corrected chi connectivity index (χ0v) is 18.7. The van der Waals surface area contributed by atoms with Gasteiger partial charge in [-0.25, -0.2) is 4.79 Å². The molecule has 2 aromatic carbocycles. The highest BCUT2D eigenvalue weighted by Crippen LogP contribution is 2.30. The Morgan fingerprint density at radius 3 is 2.17 bits per heavy atom. The van der Waals surface area contributed by atoms with Crippen LogP contribution in [0.2, 0.25) is 5.02 Å². The van der Waals surface area contributed by atoms with E-state index in [0.717, 1.165) is 0 Å². The zero-order valence-electron chi connectivity index (χ0n) is 14.8. The number of hydrogen-bond acceptors (Lipinski definition) is 4. The molecule has 0 radical (unpaired) electrons. The largest absolute Gasteiger partial charge is 0.465 e. The number of esters is 1. The van der Waals surface area contributed by atoms with Crippen LogP contribution in [-0.4, -0.2) is 34.1 Å². The summed E-state index contributed by atoms with van der Waals surface area (Å²) in [6.07, 6.45) is -1.21. The van der Waals surface area contributed by atoms with E-state index in [9.17, 15) is 9.59 Å². The number of para-hydroxylation sites is 1. The number of amides is 1. The van der Waals surface area contributed by atoms with Gasteiger partial charge in [-0.15, -0.1) is 0 Å². The van der Waals surface area contributed by atoms with Crippen molar-refractivity contribution in [3.8, 4) is 0 Å². The SMILES string of the molecule is COC(=O)c1ccccc1NC(=S)N[C@@H](NC(=O)c1ccccc1Cl)C(Cl)(Cl)Cl. The monoisotopic (exact) mass is 493 g/mol. The molecule has 0 unspecified atom stereocenters. The fourth-order valence-corrected chi connectivity index (χ4v) is 3.00. The Kier molecular flexibility index (Phi) is 8.36. The third-order valence-electron chi connectivity index (χ3n) is 3.58. The van der Waals surface area contributed by atoms with Gasteiger partial charge in [-0.3, -0.25) is 4.79 Å². The quantitative estimate of drug-likeness (QED) is 0.245. The van der Waals surface area contributed by atoms with Gasteiger partial charge in [0.25, 0.3) is 5.91 Å². The number of benzene rings is 2. The van der Waals surface area contributed by atoms with Gasteiger partial charge in [0.1, 0.15) is 6.17 Å². The lowest BCUT2D eigenvalue weighted by Crippen LogP contribution is -2.56. The van der Waals surface area contributed by atoms with Gasteiger partial charge in [0.2, 0.25) is 3.79 Å². The van der Waals surface area contributed by atoms with Crippen molar-refractivity contribution < 1.29 is 14.3 Å². The van der Waals surface area contributed by atoms with Crippen molar-refractivity contribution in [3.05, 3.63) is 64.7 Å². The summed E-state index contributed by atoms with van der Waals surface area (Å²) in [7, 11) is 1.26. The second kappa shape index (κ2) is 10.3. The lowest BCUT2D eigenvalue weighted by molar-refractivity contribution is 0.0601. The lowest BCUT2D eigenvalue weighted by atomic mass is 10.2. The van der Waals surface area contributed by atoms with E-state index in [-0.39, 0.29) is 21.3 Å². The molecular formula is C18H15Cl4N3O3S. The van der Waals surface area contributed by atoms with Crippen LogP contribution in [0.3, 0.4) is 0 Å². The Bertz CT molecular complexity index is 921. The molecule has 0 saturated carbocycles. The Labute approximate surface area is 192 Å². The summed E-state index contributed by atoms with van der Waals surface area (Å²) in [4.78, 5) is 24.4. The maximum absolute atomic E-state index is 12.5. The number of nitrogens with one attached hydrogen (secondary N) is 3. The van der Waals surface area contributed by atoms with Crippen molar-refractivity contribution in [3.63, 3.8) is 0 Å². The summed E-state index contributed by atoms with van der Waals surface area (Å²) in [5, 5.41) is 8.29. The molecule has 6 nitrogen and oxygen atoms in total. The van der Waals surface area contributed by atoms with Gasteiger partial charge < -0.3 is 20.7 Å². The highest BCUT2D eigenvalue weighted by atomic mass is 35.6. The molecular weight excluding hydrogens is 480 g/mol. The van der Waals surface area contributed by atoms with Crippen molar-refractivity contribution in [2.75, 3.05) is 12.4 Å². The predicted molar refractivity (Wildman–Crippen MR) is 120 cm³/mol. The first-order chi connectivity index (χ1) is 13.6. The molecule has 0 heterocycles. The summed E-state index contributed by atoms with van der Waals surface area (Å²) in [5.41, 5.74) is 0.826. The first-order valence-corrected chi connectivity index (χ1v) is 9.92. The lowest BCUT2D eigenvalue weighted by Gasteiger charge is -2.28. The van der Waals surface area contributed by atoms with Crippen LogP contribution < -0.4 is 16.0 Å². The van der Waals surface area contributed by atoms with E-state index in [1.807, 2.05) is 0 Å². The zero-order chi connectivity index (χ0) is 21.6. The van der Waals surface area contributed by atoms with Crippen LogP contribution in [0.5, 0.6) is 0 Å². The van der Waals surface area contributed by atoms with Crippen LogP contribution in [-0.2, 0) is 4.74 Å². The van der Waals surface area contributed by atoms with Gasteiger partial charge in [0, 0.05) is 0 Å². The van der Waals surface area contributed by atoms with E-state index in [1.54, 1.807) is 42.5 Å². The third-order valence-corrected chi connectivity index (χ3v) is 4.78. The predicted octanol–water partition coefficient (Wildman–Crippen LogP) is 4.54. The van der Waals surface area contributed by atoms with Gasteiger partial charge in [0.15, 0.2) is 5.11 Å². The van der Waals surface area contributed by atoms with Crippen LogP contribution >= 0.6 is 58.6 Å². The number of halogens is 4. The van der Waals surface area contributed by atoms with Gasteiger partial charge in [-0.2, -0.15) is 0 Å². The van der Waals surface area contributed by atoms with E-state index in [1.165, 1.54) is 13.2 Å². The number of hydrogen-bond donors (Lipinski definition) is 3. The highest BCUT2D eigenvalue weighted by molar-refractivity contribution is 7.80. The molecule has 29 heavy (non-hydrogen) atoms. The summed E-state index contributed by atoms with van der Waals surface area (Å²) in [6, 6.07) is 13.0. The minimum absolute atomic E-state index is 0.00265. The molecule has 0 fully saturated rings. The van der Waals surface area contributed by atoms with E-state index in [0.29, 0.717) is 5.69 Å². The van der Waals surface area contributed by atoms with Crippen LogP contribution in [0.4, 0.5) is 5.69 Å². The molecule has 0 aliphatic rings. The van der Waals surface area contributed by atoms with E-state index >= 15 is 0 Å². The van der Waals surface area contributed by atoms with E-state index in [2.05, 4.69) is 16.0 Å². The van der Waals surface area contributed by atoms with Crippen molar-refractivity contribution in [2.45, 2.75) is 9.96 Å². The van der Waals surface area contributed by atoms with Crippen LogP contribution in [0.1, 0.15) is 20.7 Å². The molecule has 0 aliphatic carbocycles. The molecule has 1 amide bonds. The van der Waals surface area contributed by atoms with Crippen LogP contribution in [0.25, 0.3) is 0 Å². The topological polar surface area (TPSA) is 79.5 Å². The Balaban J connectivity index is 2.15. The minimum atomic E-state index is -1.95. The number of methoxy groups -OCH3 is 1. The van der Waals surface area contributed by atoms with Gasteiger partial charge in [-0.1, -0.05) is 70.7 Å². The first-order valence-electron chi connectivity index (χ1n) is 8.00. The minimum Gasteiger partial charge on any atom is -0.465 e. The van der Waals surface area contributed by atoms with E-state index < -0.39 is 21.8 Å². The number of rotatable bonds is 5. The first kappa shape index (κ1) is 23.5. The summed E-state index contributed by atoms with van der Waals surface area (Å²) in [6.45, 7) is 0. The highest BCUT2D eigenvalue weighted by Gasteiger charge is 2.35.